The molecule has 33 heavy (non-hydrogen) atoms. The molecule has 0 amide bonds. The second-order valence-corrected chi connectivity index (χ2v) is 7.73. The van der Waals surface area contributed by atoms with E-state index >= 15 is 0 Å². The minimum Gasteiger partial charge on any atom is -0.478 e. The van der Waals surface area contributed by atoms with E-state index in [-0.39, 0.29) is 29.2 Å². The van der Waals surface area contributed by atoms with Gasteiger partial charge in [0.1, 0.15) is 11.3 Å². The molecule has 1 aromatic heterocycles. The molecule has 0 aliphatic carbocycles. The second kappa shape index (κ2) is 8.44. The summed E-state index contributed by atoms with van der Waals surface area (Å²) in [6.45, 7) is 1.52. The highest BCUT2D eigenvalue weighted by molar-refractivity contribution is 6.30. The van der Waals surface area contributed by atoms with E-state index in [4.69, 9.17) is 20.8 Å². The van der Waals surface area contributed by atoms with Crippen LogP contribution < -0.4 is 4.74 Å². The van der Waals surface area contributed by atoms with Crippen LogP contribution in [-0.2, 0) is 16.6 Å². The highest BCUT2D eigenvalue weighted by atomic mass is 35.5. The minimum absolute atomic E-state index is 0.0487. The number of para-hydroxylation sites is 2. The van der Waals surface area contributed by atoms with Crippen LogP contribution in [0.5, 0.6) is 5.75 Å². The third-order valence-electron chi connectivity index (χ3n) is 5.25. The molecule has 9 heteroatoms. The topological polar surface area (TPSA) is 72.6 Å². The predicted octanol–water partition coefficient (Wildman–Crippen LogP) is 6.94. The number of rotatable bonds is 6. The molecule has 0 spiro atoms. The van der Waals surface area contributed by atoms with Crippen molar-refractivity contribution in [3.63, 3.8) is 0 Å². The Morgan fingerprint density at radius 1 is 1.06 bits per heavy atom. The summed E-state index contributed by atoms with van der Waals surface area (Å²) in [6, 6.07) is 15.5. The van der Waals surface area contributed by atoms with Crippen LogP contribution in [0.2, 0.25) is 5.02 Å². The van der Waals surface area contributed by atoms with E-state index in [1.165, 1.54) is 31.2 Å². The summed E-state index contributed by atoms with van der Waals surface area (Å²) in [7, 11) is 0. The number of nitrogens with zero attached hydrogens (tertiary/aromatic N) is 1. The number of hydrogen-bond acceptors (Lipinski definition) is 4. The van der Waals surface area contributed by atoms with Crippen molar-refractivity contribution >= 4 is 28.7 Å². The number of ether oxygens (including phenoxy) is 1. The van der Waals surface area contributed by atoms with Gasteiger partial charge in [-0.1, -0.05) is 42.8 Å². The van der Waals surface area contributed by atoms with Crippen molar-refractivity contribution in [3.8, 4) is 17.2 Å². The van der Waals surface area contributed by atoms with Gasteiger partial charge in [-0.2, -0.15) is 13.2 Å². The number of carbonyl (C=O) groups is 1. The summed E-state index contributed by atoms with van der Waals surface area (Å²) in [6.07, 6.45) is -4.79. The first-order chi connectivity index (χ1) is 15.6. The van der Waals surface area contributed by atoms with Gasteiger partial charge in [0.25, 0.3) is 0 Å². The fourth-order valence-electron chi connectivity index (χ4n) is 3.53. The Morgan fingerprint density at radius 3 is 2.45 bits per heavy atom. The summed E-state index contributed by atoms with van der Waals surface area (Å²) < 4.78 is 51.6. The first-order valence-corrected chi connectivity index (χ1v) is 10.3. The summed E-state index contributed by atoms with van der Waals surface area (Å²) in [5.41, 5.74) is -1.89. The number of aliphatic carboxylic acids is 1. The summed E-state index contributed by atoms with van der Waals surface area (Å²) in [4.78, 5) is 16.8. The number of carboxylic acids is 1. The maximum absolute atomic E-state index is 13.3. The third-order valence-corrected chi connectivity index (χ3v) is 5.48. The van der Waals surface area contributed by atoms with E-state index in [2.05, 4.69) is 4.98 Å². The molecule has 0 saturated heterocycles. The van der Waals surface area contributed by atoms with Crippen molar-refractivity contribution in [3.05, 3.63) is 82.9 Å². The average molecular weight is 476 g/mol. The number of benzene rings is 3. The zero-order chi connectivity index (χ0) is 23.8. The standard InChI is InChI=1S/C24H17ClF3NO4/c1-2-23(22(30)31,14-6-5-7-15(12-14)24(26,27)28)33-19-11-10-16(25)13-17(19)21-29-18-8-3-4-9-20(18)32-21/h3-13H,2H2,1H3,(H,30,31). The zero-order valence-electron chi connectivity index (χ0n) is 17.2. The van der Waals surface area contributed by atoms with Crippen molar-refractivity contribution < 1.29 is 32.2 Å². The molecule has 4 rings (SSSR count). The Morgan fingerprint density at radius 2 is 1.79 bits per heavy atom. The quantitative estimate of drug-likeness (QED) is 0.327. The summed E-state index contributed by atoms with van der Waals surface area (Å²) in [5, 5.41) is 10.4. The SMILES string of the molecule is CCC(Oc1ccc(Cl)cc1-c1nc2ccccc2o1)(C(=O)O)c1cccc(C(F)(F)F)c1. The molecule has 1 N–H and O–H groups in total. The normalized spacial score (nSPS) is 13.6. The molecule has 0 bridgehead atoms. The number of carboxylic acid groups (broad SMARTS) is 1. The lowest BCUT2D eigenvalue weighted by Crippen LogP contribution is -2.41. The van der Waals surface area contributed by atoms with Crippen LogP contribution in [0.4, 0.5) is 13.2 Å². The van der Waals surface area contributed by atoms with E-state index in [1.54, 1.807) is 24.3 Å². The largest absolute Gasteiger partial charge is 0.478 e. The predicted molar refractivity (Wildman–Crippen MR) is 116 cm³/mol. The van der Waals surface area contributed by atoms with Gasteiger partial charge in [0.2, 0.25) is 11.5 Å². The van der Waals surface area contributed by atoms with E-state index in [0.29, 0.717) is 16.1 Å². The maximum Gasteiger partial charge on any atom is 0.416 e. The summed E-state index contributed by atoms with van der Waals surface area (Å²) in [5.74, 6) is -1.26. The first kappa shape index (κ1) is 22.7. The summed E-state index contributed by atoms with van der Waals surface area (Å²) >= 11 is 6.15. The maximum atomic E-state index is 13.3. The van der Waals surface area contributed by atoms with Crippen molar-refractivity contribution in [2.24, 2.45) is 0 Å². The zero-order valence-corrected chi connectivity index (χ0v) is 17.9. The molecule has 170 valence electrons. The Balaban J connectivity index is 1.86. The lowest BCUT2D eigenvalue weighted by Gasteiger charge is -2.31. The monoisotopic (exact) mass is 475 g/mol. The van der Waals surface area contributed by atoms with Gasteiger partial charge >= 0.3 is 12.1 Å². The lowest BCUT2D eigenvalue weighted by molar-refractivity contribution is -0.157. The van der Waals surface area contributed by atoms with Gasteiger partial charge in [-0.25, -0.2) is 9.78 Å². The molecule has 0 radical (unpaired) electrons. The molecule has 0 aliphatic rings. The molecule has 1 unspecified atom stereocenters. The van der Waals surface area contributed by atoms with E-state index in [1.807, 2.05) is 0 Å². The van der Waals surface area contributed by atoms with Crippen molar-refractivity contribution in [1.82, 2.24) is 4.98 Å². The highest BCUT2D eigenvalue weighted by Gasteiger charge is 2.43. The Bertz CT molecular complexity index is 1300. The molecule has 1 atom stereocenters. The van der Waals surface area contributed by atoms with Crippen LogP contribution in [0, 0.1) is 0 Å². The van der Waals surface area contributed by atoms with Crippen molar-refractivity contribution in [1.29, 1.82) is 0 Å². The van der Waals surface area contributed by atoms with E-state index < -0.39 is 23.3 Å². The Hall–Kier alpha value is -3.52. The van der Waals surface area contributed by atoms with Crippen molar-refractivity contribution in [2.75, 3.05) is 0 Å². The molecular formula is C24H17ClF3NO4. The molecule has 5 nitrogen and oxygen atoms in total. The lowest BCUT2D eigenvalue weighted by atomic mass is 9.89. The van der Waals surface area contributed by atoms with Gasteiger partial charge in [-0.3, -0.25) is 0 Å². The minimum atomic E-state index is -4.64. The van der Waals surface area contributed by atoms with Crippen LogP contribution in [0.1, 0.15) is 24.5 Å². The van der Waals surface area contributed by atoms with Gasteiger partial charge in [-0.05, 0) is 48.9 Å². The molecular weight excluding hydrogens is 459 g/mol. The van der Waals surface area contributed by atoms with Crippen LogP contribution in [0.25, 0.3) is 22.6 Å². The number of alkyl halides is 3. The highest BCUT2D eigenvalue weighted by Crippen LogP contribution is 2.41. The fourth-order valence-corrected chi connectivity index (χ4v) is 3.71. The molecule has 0 fully saturated rings. The van der Waals surface area contributed by atoms with Gasteiger partial charge in [0.05, 0.1) is 11.1 Å². The van der Waals surface area contributed by atoms with Gasteiger partial charge < -0.3 is 14.3 Å². The number of oxazole rings is 1. The average Bonchev–Trinajstić information content (AvgIpc) is 3.22. The van der Waals surface area contributed by atoms with Crippen LogP contribution in [0.3, 0.4) is 0 Å². The van der Waals surface area contributed by atoms with Crippen molar-refractivity contribution in [2.45, 2.75) is 25.1 Å². The van der Waals surface area contributed by atoms with Crippen LogP contribution >= 0.6 is 11.6 Å². The molecule has 0 aliphatic heterocycles. The first-order valence-electron chi connectivity index (χ1n) is 9.89. The number of hydrogen-bond donors (Lipinski definition) is 1. The molecule has 1 heterocycles. The van der Waals surface area contributed by atoms with Gasteiger partial charge in [0.15, 0.2) is 5.58 Å². The van der Waals surface area contributed by atoms with E-state index in [9.17, 15) is 23.1 Å². The van der Waals surface area contributed by atoms with Crippen LogP contribution in [0.15, 0.2) is 71.1 Å². The molecule has 3 aromatic carbocycles. The second-order valence-electron chi connectivity index (χ2n) is 7.29. The number of fused-ring (bicyclic) bond motifs is 1. The Kier molecular flexibility index (Phi) is 5.80. The molecule has 0 saturated carbocycles. The number of aromatic nitrogens is 1. The van der Waals surface area contributed by atoms with Gasteiger partial charge in [0, 0.05) is 10.6 Å². The number of halogens is 4. The smallest absolute Gasteiger partial charge is 0.416 e. The van der Waals surface area contributed by atoms with Gasteiger partial charge in [-0.15, -0.1) is 0 Å². The van der Waals surface area contributed by atoms with E-state index in [0.717, 1.165) is 18.2 Å². The fraction of sp³-hybridized carbons (Fsp3) is 0.167. The third kappa shape index (κ3) is 4.26. The molecule has 4 aromatic rings. The van der Waals surface area contributed by atoms with Crippen LogP contribution in [-0.4, -0.2) is 16.1 Å². The Labute approximate surface area is 191 Å².